The van der Waals surface area contributed by atoms with Gasteiger partial charge in [-0.3, -0.25) is 0 Å². The van der Waals surface area contributed by atoms with Crippen molar-refractivity contribution >= 4 is 43.1 Å². The predicted molar refractivity (Wildman–Crippen MR) is 260 cm³/mol. The van der Waals surface area contributed by atoms with Gasteiger partial charge in [-0.2, -0.15) is 0 Å². The standard InChI is InChI=1S/C58H70/c1-53(2,3)39-31-45(55(7,8)9)51(46(32-39)56(10,11)12)49-41-27-35-23-19-21-25-37(35)29-43(41)50(44-30-38-26-22-20-24-36(38)28-42(44)49)52-47(57(13,14)15)33-40(54(4,5)6)34-48(52)58(16,17)18/h19-34H,1-18H3. The van der Waals surface area contributed by atoms with E-state index in [9.17, 15) is 0 Å². The van der Waals surface area contributed by atoms with Crippen molar-refractivity contribution < 1.29 is 0 Å². The van der Waals surface area contributed by atoms with Crippen LogP contribution < -0.4 is 0 Å². The van der Waals surface area contributed by atoms with E-state index >= 15 is 0 Å². The van der Waals surface area contributed by atoms with E-state index in [2.05, 4.69) is 222 Å². The molecule has 0 fully saturated rings. The van der Waals surface area contributed by atoms with Crippen LogP contribution in [0.4, 0.5) is 0 Å². The van der Waals surface area contributed by atoms with Crippen molar-refractivity contribution in [3.8, 4) is 22.3 Å². The summed E-state index contributed by atoms with van der Waals surface area (Å²) in [4.78, 5) is 0. The minimum absolute atomic E-state index is 0.00482. The quantitative estimate of drug-likeness (QED) is 0.154. The second-order valence-corrected chi connectivity index (χ2v) is 23.6. The molecular weight excluding hydrogens is 697 g/mol. The maximum absolute atomic E-state index is 2.55. The SMILES string of the molecule is CC(C)(C)c1cc(C(C)(C)C)c(-c2c3cc4ccccc4cc3c(-c3c(C(C)(C)C)cc(C(C)(C)C)cc3C(C)(C)C)c3cc4ccccc4cc23)c(C(C)(C)C)c1. The van der Waals surface area contributed by atoms with Gasteiger partial charge in [0, 0.05) is 0 Å². The highest BCUT2D eigenvalue weighted by atomic mass is 14.4. The molecule has 0 nitrogen and oxygen atoms in total. The highest BCUT2D eigenvalue weighted by Gasteiger charge is 2.35. The Balaban J connectivity index is 1.88. The minimum Gasteiger partial charge on any atom is -0.0616 e. The first-order valence-electron chi connectivity index (χ1n) is 21.8. The van der Waals surface area contributed by atoms with Crippen LogP contribution in [0.15, 0.2) is 97.1 Å². The van der Waals surface area contributed by atoms with Gasteiger partial charge in [-0.25, -0.2) is 0 Å². The Kier molecular flexibility index (Phi) is 9.75. The molecule has 0 radical (unpaired) electrons. The first-order chi connectivity index (χ1) is 26.6. The molecule has 7 aromatic carbocycles. The lowest BCUT2D eigenvalue weighted by Gasteiger charge is -2.36. The van der Waals surface area contributed by atoms with Gasteiger partial charge in [0.25, 0.3) is 0 Å². The zero-order chi connectivity index (χ0) is 42.7. The summed E-state index contributed by atoms with van der Waals surface area (Å²) in [5, 5.41) is 10.4. The van der Waals surface area contributed by atoms with Crippen LogP contribution in [-0.2, 0) is 32.5 Å². The van der Waals surface area contributed by atoms with Crippen LogP contribution in [0.3, 0.4) is 0 Å². The lowest BCUT2D eigenvalue weighted by Crippen LogP contribution is -2.23. The van der Waals surface area contributed by atoms with E-state index < -0.39 is 0 Å². The van der Waals surface area contributed by atoms with Crippen molar-refractivity contribution in [3.63, 3.8) is 0 Å². The zero-order valence-electron chi connectivity index (χ0n) is 39.2. The second kappa shape index (κ2) is 13.6. The number of benzene rings is 7. The smallest absolute Gasteiger partial charge is 0.00200 e. The predicted octanol–water partition coefficient (Wildman–Crippen LogP) is 17.4. The Labute approximate surface area is 351 Å². The fourth-order valence-electron chi connectivity index (χ4n) is 9.19. The molecule has 0 heteroatoms. The maximum Gasteiger partial charge on any atom is -0.00200 e. The fraction of sp³-hybridized carbons (Fsp3) is 0.414. The van der Waals surface area contributed by atoms with Gasteiger partial charge in [-0.15, -0.1) is 0 Å². The van der Waals surface area contributed by atoms with Crippen molar-refractivity contribution in [3.05, 3.63) is 130 Å². The molecule has 0 amide bonds. The number of rotatable bonds is 2. The molecule has 0 saturated carbocycles. The summed E-state index contributed by atoms with van der Waals surface area (Å²) < 4.78 is 0. The van der Waals surface area contributed by atoms with Gasteiger partial charge in [0.2, 0.25) is 0 Å². The summed E-state index contributed by atoms with van der Waals surface area (Å²) in [7, 11) is 0. The lowest BCUT2D eigenvalue weighted by atomic mass is 9.68. The average molecular weight is 767 g/mol. The third-order valence-electron chi connectivity index (χ3n) is 12.6. The van der Waals surface area contributed by atoms with Gasteiger partial charge < -0.3 is 0 Å². The van der Waals surface area contributed by atoms with Crippen molar-refractivity contribution in [2.75, 3.05) is 0 Å². The molecule has 0 heterocycles. The average Bonchev–Trinajstić information content (AvgIpc) is 3.09. The molecule has 0 spiro atoms. The molecule has 0 atom stereocenters. The lowest BCUT2D eigenvalue weighted by molar-refractivity contribution is 0.550. The first-order valence-corrected chi connectivity index (χ1v) is 21.8. The van der Waals surface area contributed by atoms with E-state index in [-0.39, 0.29) is 32.5 Å². The summed E-state index contributed by atoms with van der Waals surface area (Å²) in [5.74, 6) is 0. The number of hydrogen-bond donors (Lipinski definition) is 0. The number of hydrogen-bond acceptors (Lipinski definition) is 0. The Hall–Kier alpha value is -4.42. The van der Waals surface area contributed by atoms with Crippen LogP contribution in [0.25, 0.3) is 65.3 Å². The molecule has 0 aliphatic carbocycles. The zero-order valence-corrected chi connectivity index (χ0v) is 39.2. The van der Waals surface area contributed by atoms with Gasteiger partial charge in [-0.05, 0) is 155 Å². The molecule has 302 valence electrons. The van der Waals surface area contributed by atoms with Crippen molar-refractivity contribution in [1.29, 1.82) is 0 Å². The Morgan fingerprint density at radius 2 is 0.448 bits per heavy atom. The van der Waals surface area contributed by atoms with E-state index in [0.29, 0.717) is 0 Å². The highest BCUT2D eigenvalue weighted by Crippen LogP contribution is 2.54. The van der Waals surface area contributed by atoms with Crippen LogP contribution in [0, 0.1) is 0 Å². The molecule has 58 heavy (non-hydrogen) atoms. The third-order valence-corrected chi connectivity index (χ3v) is 12.6. The summed E-state index contributed by atoms with van der Waals surface area (Å²) in [6.07, 6.45) is 0. The van der Waals surface area contributed by atoms with E-state index in [1.165, 1.54) is 98.7 Å². The van der Waals surface area contributed by atoms with Gasteiger partial charge >= 0.3 is 0 Å². The van der Waals surface area contributed by atoms with Crippen LogP contribution in [0.2, 0.25) is 0 Å². The minimum atomic E-state index is -0.108. The van der Waals surface area contributed by atoms with Gasteiger partial charge in [0.15, 0.2) is 0 Å². The summed E-state index contributed by atoms with van der Waals surface area (Å²) in [6, 6.07) is 38.4. The van der Waals surface area contributed by atoms with Gasteiger partial charge in [0.1, 0.15) is 0 Å². The van der Waals surface area contributed by atoms with Crippen LogP contribution in [0.1, 0.15) is 158 Å². The van der Waals surface area contributed by atoms with Crippen molar-refractivity contribution in [1.82, 2.24) is 0 Å². The Morgan fingerprint density at radius 1 is 0.241 bits per heavy atom. The van der Waals surface area contributed by atoms with Crippen LogP contribution in [0.5, 0.6) is 0 Å². The third kappa shape index (κ3) is 7.40. The van der Waals surface area contributed by atoms with Gasteiger partial charge in [0.05, 0.1) is 0 Å². The normalized spacial score (nSPS) is 13.7. The van der Waals surface area contributed by atoms with Crippen molar-refractivity contribution in [2.24, 2.45) is 0 Å². The number of fused-ring (bicyclic) bond motifs is 4. The molecule has 0 unspecified atom stereocenters. The monoisotopic (exact) mass is 767 g/mol. The van der Waals surface area contributed by atoms with Crippen molar-refractivity contribution in [2.45, 2.75) is 157 Å². The molecule has 0 saturated heterocycles. The summed E-state index contributed by atoms with van der Waals surface area (Å²) in [5.41, 5.74) is 13.6. The van der Waals surface area contributed by atoms with Crippen LogP contribution >= 0.6 is 0 Å². The molecule has 0 aromatic heterocycles. The fourth-order valence-corrected chi connectivity index (χ4v) is 9.19. The van der Waals surface area contributed by atoms with Crippen LogP contribution in [-0.4, -0.2) is 0 Å². The first kappa shape index (κ1) is 41.7. The molecule has 0 N–H and O–H groups in total. The topological polar surface area (TPSA) is 0 Å². The molecular formula is C58H70. The Morgan fingerprint density at radius 3 is 0.621 bits per heavy atom. The Bertz CT molecular complexity index is 2380. The van der Waals surface area contributed by atoms with Gasteiger partial charge in [-0.1, -0.05) is 197 Å². The van der Waals surface area contributed by atoms with E-state index in [0.717, 1.165) is 0 Å². The molecule has 7 rings (SSSR count). The largest absolute Gasteiger partial charge is 0.0616 e. The highest BCUT2D eigenvalue weighted by molar-refractivity contribution is 6.26. The summed E-state index contributed by atoms with van der Waals surface area (Å²) in [6.45, 7) is 43.1. The molecule has 0 aliphatic heterocycles. The second-order valence-electron chi connectivity index (χ2n) is 23.6. The molecule has 0 aliphatic rings. The van der Waals surface area contributed by atoms with E-state index in [1.54, 1.807) is 0 Å². The maximum atomic E-state index is 2.55. The molecule has 0 bridgehead atoms. The van der Waals surface area contributed by atoms with E-state index in [4.69, 9.17) is 0 Å². The summed E-state index contributed by atoms with van der Waals surface area (Å²) >= 11 is 0. The molecule has 7 aromatic rings. The van der Waals surface area contributed by atoms with E-state index in [1.807, 2.05) is 0 Å².